The maximum absolute atomic E-state index is 8.52. The number of rotatable bonds is 0. The van der Waals surface area contributed by atoms with Crippen LogP contribution >= 0.6 is 0 Å². The molecule has 0 fully saturated rings. The standard InChI is InChI=1S/NO3.H2O4S.Ti/c2-1(3)4;1-5(2,3)4;/h;(H2,1,2,3,4);/q-1;;+3/p-2. The maximum Gasteiger partial charge on any atom is 3.00 e. The molecular weight excluding hydrogens is 206 g/mol. The largest absolute Gasteiger partial charge is 3.00 e. The van der Waals surface area contributed by atoms with Gasteiger partial charge in [0.1, 0.15) is 0 Å². The maximum atomic E-state index is 8.52. The van der Waals surface area contributed by atoms with E-state index in [9.17, 15) is 0 Å². The predicted octanol–water partition coefficient (Wildman–Crippen LogP) is -1.58. The Kier molecular flexibility index (Phi) is 11.3. The molecule has 0 aliphatic carbocycles. The molecule has 0 aromatic carbocycles. The summed E-state index contributed by atoms with van der Waals surface area (Å²) in [6.45, 7) is 0. The molecule has 0 N–H and O–H groups in total. The Hall–Kier alpha value is -0.216. The third kappa shape index (κ3) is 7700. The summed E-state index contributed by atoms with van der Waals surface area (Å²) < 4.78 is 34.1. The van der Waals surface area contributed by atoms with Crippen molar-refractivity contribution in [3.63, 3.8) is 0 Å². The first kappa shape index (κ1) is 16.4. The van der Waals surface area contributed by atoms with E-state index in [-0.39, 0.29) is 21.7 Å². The Morgan fingerprint density at radius 1 is 1.10 bits per heavy atom. The summed E-state index contributed by atoms with van der Waals surface area (Å²) in [4.78, 5) is 8.25. The van der Waals surface area contributed by atoms with Crippen LogP contribution in [-0.2, 0) is 32.1 Å². The molecule has 0 aromatic rings. The second-order valence-electron chi connectivity index (χ2n) is 0.632. The third-order valence-electron chi connectivity index (χ3n) is 0. The minimum atomic E-state index is -5.17. The van der Waals surface area contributed by atoms with Crippen LogP contribution in [0.3, 0.4) is 0 Å². The Morgan fingerprint density at radius 3 is 1.10 bits per heavy atom. The fraction of sp³-hybridized carbons (Fsp3) is 0. The zero-order valence-electron chi connectivity index (χ0n) is 4.21. The number of nitrogens with zero attached hydrogens (tertiary/aromatic N) is 1. The van der Waals surface area contributed by atoms with E-state index < -0.39 is 15.5 Å². The van der Waals surface area contributed by atoms with Crippen LogP contribution in [0.1, 0.15) is 0 Å². The van der Waals surface area contributed by atoms with E-state index in [1.165, 1.54) is 0 Å². The van der Waals surface area contributed by atoms with E-state index in [1.807, 2.05) is 0 Å². The summed E-state index contributed by atoms with van der Waals surface area (Å²) in [5.74, 6) is 0. The molecule has 0 saturated carbocycles. The molecule has 0 bridgehead atoms. The first-order chi connectivity index (χ1) is 3.73. The van der Waals surface area contributed by atoms with Crippen LogP contribution in [0.4, 0.5) is 0 Å². The van der Waals surface area contributed by atoms with Crippen molar-refractivity contribution >= 4 is 10.4 Å². The van der Waals surface area contributed by atoms with Crippen molar-refractivity contribution < 1.29 is 44.3 Å². The van der Waals surface area contributed by atoms with Gasteiger partial charge in [0.15, 0.2) is 0 Å². The van der Waals surface area contributed by atoms with Crippen LogP contribution in [0.2, 0.25) is 0 Å². The van der Waals surface area contributed by atoms with Crippen molar-refractivity contribution in [2.45, 2.75) is 0 Å². The molecule has 10 heteroatoms. The topological polar surface area (TPSA) is 146 Å². The van der Waals surface area contributed by atoms with Crippen LogP contribution < -0.4 is 0 Å². The van der Waals surface area contributed by atoms with Gasteiger partial charge in [0.2, 0.25) is 0 Å². The molecule has 8 nitrogen and oxygen atoms in total. The Labute approximate surface area is 70.4 Å². The van der Waals surface area contributed by atoms with E-state index in [0.29, 0.717) is 0 Å². The van der Waals surface area contributed by atoms with Crippen molar-refractivity contribution in [2.75, 3.05) is 0 Å². The van der Waals surface area contributed by atoms with Gasteiger partial charge < -0.3 is 24.4 Å². The fourth-order valence-electron chi connectivity index (χ4n) is 0. The average Bonchev–Trinajstić information content (AvgIpc) is 1.19. The Bertz CT molecular complexity index is 156. The van der Waals surface area contributed by atoms with Gasteiger partial charge >= 0.3 is 21.7 Å². The molecule has 57 valence electrons. The molecule has 0 unspecified atom stereocenters. The number of hydrogen-bond donors (Lipinski definition) is 0. The van der Waals surface area contributed by atoms with Crippen LogP contribution in [0.25, 0.3) is 0 Å². The fourth-order valence-corrected chi connectivity index (χ4v) is 0. The summed E-state index contributed by atoms with van der Waals surface area (Å²) in [7, 11) is -5.17. The minimum Gasteiger partial charge on any atom is -0.759 e. The first-order valence-electron chi connectivity index (χ1n) is 1.21. The predicted molar refractivity (Wildman–Crippen MR) is 20.8 cm³/mol. The summed E-state index contributed by atoms with van der Waals surface area (Å²) in [6.07, 6.45) is 0. The zero-order valence-corrected chi connectivity index (χ0v) is 6.59. The van der Waals surface area contributed by atoms with Gasteiger partial charge in [-0.3, -0.25) is 8.42 Å². The molecule has 0 aliphatic heterocycles. The van der Waals surface area contributed by atoms with Crippen molar-refractivity contribution in [3.8, 4) is 0 Å². The monoisotopic (exact) mass is 206 g/mol. The molecule has 0 saturated heterocycles. The van der Waals surface area contributed by atoms with E-state index >= 15 is 0 Å². The second kappa shape index (κ2) is 6.90. The quantitative estimate of drug-likeness (QED) is 0.152. The van der Waals surface area contributed by atoms with Crippen molar-refractivity contribution in [1.29, 1.82) is 0 Å². The molecule has 0 amide bonds. The first-order valence-corrected chi connectivity index (χ1v) is 2.55. The molecule has 0 aromatic heterocycles. The number of hydrogen-bond acceptors (Lipinski definition) is 7. The van der Waals surface area contributed by atoms with Crippen LogP contribution in [0.5, 0.6) is 0 Å². The summed E-state index contributed by atoms with van der Waals surface area (Å²) in [6, 6.07) is 0. The molecule has 0 rings (SSSR count). The second-order valence-corrected chi connectivity index (χ2v) is 1.45. The summed E-state index contributed by atoms with van der Waals surface area (Å²) >= 11 is 0. The van der Waals surface area contributed by atoms with Crippen molar-refractivity contribution in [3.05, 3.63) is 15.3 Å². The van der Waals surface area contributed by atoms with E-state index in [4.69, 9.17) is 32.8 Å². The third-order valence-corrected chi connectivity index (χ3v) is 0. The van der Waals surface area contributed by atoms with Gasteiger partial charge in [-0.25, -0.2) is 0 Å². The van der Waals surface area contributed by atoms with Gasteiger partial charge in [-0.05, 0) is 0 Å². The SMILES string of the molecule is O=S(=O)([O-])[O-].O=[N+]([O-])[O-].[Ti+3]. The molecule has 0 atom stereocenters. The zero-order chi connectivity index (χ0) is 8.08. The molecule has 0 spiro atoms. The molecule has 0 heterocycles. The Morgan fingerprint density at radius 2 is 1.10 bits per heavy atom. The van der Waals surface area contributed by atoms with Gasteiger partial charge in [-0.1, -0.05) is 0 Å². The average molecular weight is 206 g/mol. The molecule has 0 aliphatic rings. The van der Waals surface area contributed by atoms with E-state index in [0.717, 1.165) is 0 Å². The molecule has 10 heavy (non-hydrogen) atoms. The van der Waals surface area contributed by atoms with E-state index in [2.05, 4.69) is 0 Å². The van der Waals surface area contributed by atoms with Crippen molar-refractivity contribution in [2.24, 2.45) is 0 Å². The van der Waals surface area contributed by atoms with Gasteiger partial charge in [0.25, 0.3) is 0 Å². The minimum absolute atomic E-state index is 0. The van der Waals surface area contributed by atoms with Crippen LogP contribution in [0.15, 0.2) is 0 Å². The Balaban J connectivity index is -0.0000000910. The van der Waals surface area contributed by atoms with Crippen molar-refractivity contribution in [1.82, 2.24) is 0 Å². The normalized spacial score (nSPS) is 8.20. The smallest absolute Gasteiger partial charge is 0.759 e. The van der Waals surface area contributed by atoms with Crippen LogP contribution in [0, 0.1) is 15.3 Å². The van der Waals surface area contributed by atoms with E-state index in [1.54, 1.807) is 0 Å². The molecular formula is NO7STi. The van der Waals surface area contributed by atoms with Gasteiger partial charge in [0.05, 0.1) is 5.09 Å². The van der Waals surface area contributed by atoms with Gasteiger partial charge in [-0.2, -0.15) is 0 Å². The van der Waals surface area contributed by atoms with Gasteiger partial charge in [0, 0.05) is 10.4 Å². The summed E-state index contributed by atoms with van der Waals surface area (Å²) in [5.41, 5.74) is 0. The molecule has 1 radical (unpaired) electrons. The van der Waals surface area contributed by atoms with Gasteiger partial charge in [-0.15, -0.1) is 0 Å². The summed E-state index contributed by atoms with van der Waals surface area (Å²) in [5, 5.41) is 14.8. The van der Waals surface area contributed by atoms with Crippen LogP contribution in [-0.4, -0.2) is 22.6 Å².